The molecule has 0 saturated carbocycles. The van der Waals surface area contributed by atoms with Crippen molar-refractivity contribution in [2.75, 3.05) is 7.11 Å². The SMILES string of the molecule is COC(=O)C(NCc1ccc(CC(C)C)cc1)C(C)C. The molecular weight excluding hydrogens is 250 g/mol. The topological polar surface area (TPSA) is 38.3 Å². The highest BCUT2D eigenvalue weighted by Crippen LogP contribution is 2.11. The van der Waals surface area contributed by atoms with Crippen LogP contribution in [0.4, 0.5) is 0 Å². The Labute approximate surface area is 122 Å². The van der Waals surface area contributed by atoms with E-state index in [4.69, 9.17) is 4.74 Å². The van der Waals surface area contributed by atoms with Crippen LogP contribution in [0, 0.1) is 11.8 Å². The van der Waals surface area contributed by atoms with Gasteiger partial charge in [-0.25, -0.2) is 0 Å². The van der Waals surface area contributed by atoms with Crippen molar-refractivity contribution in [2.45, 2.75) is 46.7 Å². The minimum Gasteiger partial charge on any atom is -0.468 e. The largest absolute Gasteiger partial charge is 0.468 e. The highest BCUT2D eigenvalue weighted by Gasteiger charge is 2.21. The number of hydrogen-bond acceptors (Lipinski definition) is 3. The van der Waals surface area contributed by atoms with Crippen molar-refractivity contribution in [1.29, 1.82) is 0 Å². The van der Waals surface area contributed by atoms with Crippen LogP contribution in [-0.2, 0) is 22.5 Å². The monoisotopic (exact) mass is 277 g/mol. The van der Waals surface area contributed by atoms with Crippen LogP contribution in [0.2, 0.25) is 0 Å². The zero-order valence-corrected chi connectivity index (χ0v) is 13.3. The molecule has 3 nitrogen and oxygen atoms in total. The maximum absolute atomic E-state index is 11.7. The second kappa shape index (κ2) is 8.05. The second-order valence-electron chi connectivity index (χ2n) is 6.04. The van der Waals surface area contributed by atoms with E-state index in [-0.39, 0.29) is 17.9 Å². The fourth-order valence-electron chi connectivity index (χ4n) is 2.21. The quantitative estimate of drug-likeness (QED) is 0.778. The Hall–Kier alpha value is -1.35. The first kappa shape index (κ1) is 16.7. The van der Waals surface area contributed by atoms with Gasteiger partial charge in [-0.2, -0.15) is 0 Å². The Balaban J connectivity index is 2.58. The number of carbonyl (C=O) groups excluding carboxylic acids is 1. The Morgan fingerprint density at radius 2 is 1.65 bits per heavy atom. The smallest absolute Gasteiger partial charge is 0.323 e. The van der Waals surface area contributed by atoms with E-state index in [1.807, 2.05) is 13.8 Å². The molecule has 0 aliphatic rings. The first-order valence-corrected chi connectivity index (χ1v) is 7.33. The minimum atomic E-state index is -0.254. The van der Waals surface area contributed by atoms with Gasteiger partial charge < -0.3 is 10.1 Å². The van der Waals surface area contributed by atoms with Gasteiger partial charge >= 0.3 is 5.97 Å². The Morgan fingerprint density at radius 1 is 1.10 bits per heavy atom. The molecule has 0 spiro atoms. The molecule has 1 aromatic rings. The molecule has 1 atom stereocenters. The number of rotatable bonds is 7. The molecule has 20 heavy (non-hydrogen) atoms. The van der Waals surface area contributed by atoms with Gasteiger partial charge in [-0.1, -0.05) is 52.0 Å². The summed E-state index contributed by atoms with van der Waals surface area (Å²) in [4.78, 5) is 11.7. The lowest BCUT2D eigenvalue weighted by molar-refractivity contribution is -0.144. The molecule has 1 aromatic carbocycles. The highest BCUT2D eigenvalue weighted by atomic mass is 16.5. The molecule has 112 valence electrons. The van der Waals surface area contributed by atoms with Crippen LogP contribution >= 0.6 is 0 Å². The molecule has 1 rings (SSSR count). The van der Waals surface area contributed by atoms with E-state index in [9.17, 15) is 4.79 Å². The third-order valence-corrected chi connectivity index (χ3v) is 3.31. The minimum absolute atomic E-state index is 0.198. The summed E-state index contributed by atoms with van der Waals surface area (Å²) in [7, 11) is 1.43. The van der Waals surface area contributed by atoms with Crippen LogP contribution in [0.15, 0.2) is 24.3 Å². The second-order valence-corrected chi connectivity index (χ2v) is 6.04. The van der Waals surface area contributed by atoms with Crippen molar-refractivity contribution < 1.29 is 9.53 Å². The molecule has 0 saturated heterocycles. The van der Waals surface area contributed by atoms with E-state index in [0.29, 0.717) is 12.5 Å². The van der Waals surface area contributed by atoms with Gasteiger partial charge in [-0.15, -0.1) is 0 Å². The molecule has 0 heterocycles. The summed E-state index contributed by atoms with van der Waals surface area (Å²) in [6.07, 6.45) is 1.10. The van der Waals surface area contributed by atoms with Crippen LogP contribution in [0.3, 0.4) is 0 Å². The normalized spacial score (nSPS) is 12.8. The average molecular weight is 277 g/mol. The van der Waals surface area contributed by atoms with Crippen LogP contribution in [0.5, 0.6) is 0 Å². The molecule has 0 bridgehead atoms. The number of methoxy groups -OCH3 is 1. The fourth-order valence-corrected chi connectivity index (χ4v) is 2.21. The van der Waals surface area contributed by atoms with E-state index in [2.05, 4.69) is 43.4 Å². The van der Waals surface area contributed by atoms with Crippen molar-refractivity contribution in [3.05, 3.63) is 35.4 Å². The molecule has 0 radical (unpaired) electrons. The molecule has 0 fully saturated rings. The van der Waals surface area contributed by atoms with Crippen LogP contribution in [0.1, 0.15) is 38.8 Å². The summed E-state index contributed by atoms with van der Waals surface area (Å²) >= 11 is 0. The van der Waals surface area contributed by atoms with E-state index in [1.54, 1.807) is 0 Å². The van der Waals surface area contributed by atoms with Crippen LogP contribution < -0.4 is 5.32 Å². The fraction of sp³-hybridized carbons (Fsp3) is 0.588. The lowest BCUT2D eigenvalue weighted by Crippen LogP contribution is -2.41. The van der Waals surface area contributed by atoms with Crippen LogP contribution in [0.25, 0.3) is 0 Å². The van der Waals surface area contributed by atoms with Crippen molar-refractivity contribution >= 4 is 5.97 Å². The lowest BCUT2D eigenvalue weighted by Gasteiger charge is -2.20. The molecule has 3 heteroatoms. The van der Waals surface area contributed by atoms with Gasteiger partial charge in [-0.05, 0) is 29.4 Å². The van der Waals surface area contributed by atoms with Gasteiger partial charge in [0.15, 0.2) is 0 Å². The van der Waals surface area contributed by atoms with Crippen molar-refractivity contribution in [1.82, 2.24) is 5.32 Å². The van der Waals surface area contributed by atoms with Gasteiger partial charge in [-0.3, -0.25) is 4.79 Å². The van der Waals surface area contributed by atoms with Crippen molar-refractivity contribution in [3.8, 4) is 0 Å². The molecule has 0 amide bonds. The van der Waals surface area contributed by atoms with Crippen molar-refractivity contribution in [3.63, 3.8) is 0 Å². The number of esters is 1. The Morgan fingerprint density at radius 3 is 2.10 bits per heavy atom. The zero-order valence-electron chi connectivity index (χ0n) is 13.3. The summed E-state index contributed by atoms with van der Waals surface area (Å²) < 4.78 is 4.82. The summed E-state index contributed by atoms with van der Waals surface area (Å²) in [5, 5.41) is 3.27. The molecule has 0 aliphatic heterocycles. The van der Waals surface area contributed by atoms with E-state index in [0.717, 1.165) is 6.42 Å². The van der Waals surface area contributed by atoms with E-state index >= 15 is 0 Å². The molecule has 0 aliphatic carbocycles. The van der Waals surface area contributed by atoms with Gasteiger partial charge in [0.2, 0.25) is 0 Å². The number of ether oxygens (including phenoxy) is 1. The molecular formula is C17H27NO2. The summed E-state index contributed by atoms with van der Waals surface area (Å²) in [6, 6.07) is 8.33. The summed E-state index contributed by atoms with van der Waals surface area (Å²) in [5.41, 5.74) is 2.55. The predicted molar refractivity (Wildman–Crippen MR) is 82.5 cm³/mol. The van der Waals surface area contributed by atoms with Gasteiger partial charge in [0.1, 0.15) is 6.04 Å². The third-order valence-electron chi connectivity index (χ3n) is 3.31. The number of carbonyl (C=O) groups is 1. The predicted octanol–water partition coefficient (Wildman–Crippen LogP) is 3.17. The maximum atomic E-state index is 11.7. The Kier molecular flexibility index (Phi) is 6.73. The Bertz CT molecular complexity index is 410. The highest BCUT2D eigenvalue weighted by molar-refractivity contribution is 5.75. The average Bonchev–Trinajstić information content (AvgIpc) is 2.39. The summed E-state index contributed by atoms with van der Waals surface area (Å²) in [6.45, 7) is 9.15. The van der Waals surface area contributed by atoms with Crippen LogP contribution in [-0.4, -0.2) is 19.1 Å². The standard InChI is InChI=1S/C17H27NO2/c1-12(2)10-14-6-8-15(9-7-14)11-18-16(13(3)4)17(19)20-5/h6-9,12-13,16,18H,10-11H2,1-5H3. The summed E-state index contributed by atoms with van der Waals surface area (Å²) in [5.74, 6) is 0.683. The van der Waals surface area contributed by atoms with Gasteiger partial charge in [0.25, 0.3) is 0 Å². The van der Waals surface area contributed by atoms with Crippen molar-refractivity contribution in [2.24, 2.45) is 11.8 Å². The lowest BCUT2D eigenvalue weighted by atomic mass is 10.0. The van der Waals surface area contributed by atoms with E-state index in [1.165, 1.54) is 18.2 Å². The zero-order chi connectivity index (χ0) is 15.1. The van der Waals surface area contributed by atoms with E-state index < -0.39 is 0 Å². The molecule has 0 aromatic heterocycles. The molecule has 1 N–H and O–H groups in total. The van der Waals surface area contributed by atoms with Gasteiger partial charge in [0.05, 0.1) is 7.11 Å². The third kappa shape index (κ3) is 5.33. The number of hydrogen-bond donors (Lipinski definition) is 1. The first-order valence-electron chi connectivity index (χ1n) is 7.33. The maximum Gasteiger partial charge on any atom is 0.323 e. The number of nitrogens with one attached hydrogen (secondary N) is 1. The first-order chi connectivity index (χ1) is 9.43. The number of benzene rings is 1. The molecule has 1 unspecified atom stereocenters. The van der Waals surface area contributed by atoms with Gasteiger partial charge in [0, 0.05) is 6.54 Å².